The van der Waals surface area contributed by atoms with E-state index in [-0.39, 0.29) is 21.4 Å². The highest BCUT2D eigenvalue weighted by atomic mass is 32.2. The van der Waals surface area contributed by atoms with Gasteiger partial charge in [0.05, 0.1) is 24.0 Å². The smallest absolute Gasteiger partial charge is 0.207 e. The first-order valence-corrected chi connectivity index (χ1v) is 21.4. The minimum atomic E-state index is -3.97. The quantitative estimate of drug-likeness (QED) is 0.128. The highest BCUT2D eigenvalue weighted by Crippen LogP contribution is 2.37. The molecule has 8 rings (SSSR count). The molecule has 0 heterocycles. The molecule has 0 unspecified atom stereocenters. The van der Waals surface area contributed by atoms with E-state index >= 15 is 0 Å². The monoisotopic (exact) mass is 798 g/mol. The van der Waals surface area contributed by atoms with Gasteiger partial charge in [0.2, 0.25) is 9.84 Å². The average Bonchev–Trinajstić information content (AvgIpc) is 3.26. The molecule has 0 bridgehead atoms. The number of hydrogen-bond acceptors (Lipinski definition) is 6. The van der Waals surface area contributed by atoms with E-state index in [2.05, 4.69) is 0 Å². The fourth-order valence-electron chi connectivity index (χ4n) is 8.85. The summed E-state index contributed by atoms with van der Waals surface area (Å²) in [6.07, 6.45) is 0.960. The molecule has 8 aromatic rings. The van der Waals surface area contributed by atoms with Crippen molar-refractivity contribution in [1.29, 1.82) is 0 Å². The summed E-state index contributed by atoms with van der Waals surface area (Å²) in [5.74, 6) is 1.42. The Morgan fingerprint density at radius 2 is 0.814 bits per heavy atom. The van der Waals surface area contributed by atoms with Gasteiger partial charge >= 0.3 is 0 Å². The number of hydrogen-bond donors (Lipinski definition) is 0. The standard InChI is InChI=1S/C52H46O6S/c1-9-39-43-19-13-35(51(53)37-11-17-41-31(5)47(57-7)23-29(3)45(41)27-37)25-33(43)15-21-49(39)59(55,56)50-22-16-34-26-36(14-20-44(34)40(50)10-2)52(54)38-12-18-42-32(6)48(58-8)24-30(4)46(42)28-38/h11-28H,9-10H2,1-8H3. The molecule has 0 N–H and O–H groups in total. The van der Waals surface area contributed by atoms with Crippen LogP contribution >= 0.6 is 0 Å². The van der Waals surface area contributed by atoms with Crippen LogP contribution in [0.2, 0.25) is 0 Å². The second-order valence-electron chi connectivity index (χ2n) is 15.4. The van der Waals surface area contributed by atoms with Gasteiger partial charge in [-0.15, -0.1) is 0 Å². The largest absolute Gasteiger partial charge is 0.496 e. The van der Waals surface area contributed by atoms with Crippen molar-refractivity contribution in [3.05, 3.63) is 165 Å². The molecule has 0 fully saturated rings. The molecule has 6 nitrogen and oxygen atoms in total. The van der Waals surface area contributed by atoms with Crippen molar-refractivity contribution < 1.29 is 27.5 Å². The van der Waals surface area contributed by atoms with Crippen molar-refractivity contribution in [3.63, 3.8) is 0 Å². The number of ether oxygens (including phenoxy) is 2. The van der Waals surface area contributed by atoms with Gasteiger partial charge in [-0.1, -0.05) is 74.5 Å². The van der Waals surface area contributed by atoms with Crippen molar-refractivity contribution in [3.8, 4) is 11.5 Å². The van der Waals surface area contributed by atoms with Crippen molar-refractivity contribution in [2.75, 3.05) is 14.2 Å². The number of aryl methyl sites for hydroxylation is 6. The number of rotatable bonds is 10. The van der Waals surface area contributed by atoms with Crippen LogP contribution in [0.1, 0.15) is 79.1 Å². The summed E-state index contributed by atoms with van der Waals surface area (Å²) in [5, 5.41) is 7.27. The highest BCUT2D eigenvalue weighted by Gasteiger charge is 2.26. The predicted octanol–water partition coefficient (Wildman–Crippen LogP) is 12.0. The maximum atomic E-state index is 14.7. The highest BCUT2D eigenvalue weighted by molar-refractivity contribution is 7.91. The van der Waals surface area contributed by atoms with Crippen LogP contribution in [0.15, 0.2) is 119 Å². The third-order valence-electron chi connectivity index (χ3n) is 12.1. The Bertz CT molecular complexity index is 2980. The first kappa shape index (κ1) is 39.5. The minimum absolute atomic E-state index is 0.103. The molecular formula is C52H46O6S. The molecular weight excluding hydrogens is 753 g/mol. The molecule has 0 aliphatic carbocycles. The Labute approximate surface area is 345 Å². The van der Waals surface area contributed by atoms with Crippen LogP contribution < -0.4 is 9.47 Å². The maximum Gasteiger partial charge on any atom is 0.207 e. The number of benzene rings is 8. The lowest BCUT2D eigenvalue weighted by Crippen LogP contribution is -2.10. The van der Waals surface area contributed by atoms with Gasteiger partial charge in [0.25, 0.3) is 0 Å². The Morgan fingerprint density at radius 1 is 0.458 bits per heavy atom. The van der Waals surface area contributed by atoms with E-state index in [4.69, 9.17) is 9.47 Å². The van der Waals surface area contributed by atoms with Gasteiger partial charge in [-0.2, -0.15) is 0 Å². The van der Waals surface area contributed by atoms with E-state index in [1.54, 1.807) is 50.6 Å². The molecule has 296 valence electrons. The topological polar surface area (TPSA) is 86.7 Å². The molecule has 0 aromatic heterocycles. The van der Waals surface area contributed by atoms with Gasteiger partial charge in [0.15, 0.2) is 11.6 Å². The fourth-order valence-corrected chi connectivity index (χ4v) is 10.7. The maximum absolute atomic E-state index is 14.7. The number of sulfone groups is 1. The summed E-state index contributed by atoms with van der Waals surface area (Å²) in [5.41, 5.74) is 7.74. The van der Waals surface area contributed by atoms with E-state index in [1.807, 2.05) is 114 Å². The van der Waals surface area contributed by atoms with E-state index < -0.39 is 9.84 Å². The van der Waals surface area contributed by atoms with Crippen LogP contribution in [0.25, 0.3) is 43.1 Å². The van der Waals surface area contributed by atoms with Crippen LogP contribution in [-0.2, 0) is 22.7 Å². The van der Waals surface area contributed by atoms with Gasteiger partial charge < -0.3 is 9.47 Å². The Balaban J connectivity index is 1.13. The molecule has 0 amide bonds. The SMILES string of the molecule is CCc1c(S(=O)(=O)c2ccc3cc(C(=O)c4ccc5c(C)c(OC)cc(C)c5c4)ccc3c2CC)ccc2cc(C(=O)c3ccc4c(C)c(OC)cc(C)c4c3)ccc12. The van der Waals surface area contributed by atoms with E-state index in [0.717, 1.165) is 76.8 Å². The average molecular weight is 799 g/mol. The summed E-state index contributed by atoms with van der Waals surface area (Å²) in [6, 6.07) is 33.5. The first-order valence-electron chi connectivity index (χ1n) is 19.9. The van der Waals surface area contributed by atoms with Crippen LogP contribution in [0.3, 0.4) is 0 Å². The normalized spacial score (nSPS) is 11.8. The van der Waals surface area contributed by atoms with Gasteiger partial charge in [0, 0.05) is 22.3 Å². The van der Waals surface area contributed by atoms with Crippen molar-refractivity contribution >= 4 is 64.5 Å². The van der Waals surface area contributed by atoms with Gasteiger partial charge in [0.1, 0.15) is 11.5 Å². The molecule has 0 aliphatic heterocycles. The third-order valence-corrected chi connectivity index (χ3v) is 14.0. The van der Waals surface area contributed by atoms with Crippen molar-refractivity contribution in [2.24, 2.45) is 0 Å². The fraction of sp³-hybridized carbons (Fsp3) is 0.192. The summed E-state index contributed by atoms with van der Waals surface area (Å²) < 4.78 is 40.4. The predicted molar refractivity (Wildman–Crippen MR) is 239 cm³/mol. The lowest BCUT2D eigenvalue weighted by molar-refractivity contribution is 0.103. The number of carbonyl (C=O) groups excluding carboxylic acids is 2. The molecule has 0 saturated carbocycles. The third kappa shape index (κ3) is 6.54. The lowest BCUT2D eigenvalue weighted by Gasteiger charge is -2.17. The number of methoxy groups -OCH3 is 2. The zero-order valence-corrected chi connectivity index (χ0v) is 35.5. The second kappa shape index (κ2) is 15.1. The van der Waals surface area contributed by atoms with Crippen LogP contribution in [-0.4, -0.2) is 34.2 Å². The summed E-state index contributed by atoms with van der Waals surface area (Å²) in [6.45, 7) is 12.0. The Morgan fingerprint density at radius 3 is 1.17 bits per heavy atom. The number of ketones is 2. The van der Waals surface area contributed by atoms with Gasteiger partial charge in [-0.25, -0.2) is 8.42 Å². The van der Waals surface area contributed by atoms with E-state index in [9.17, 15) is 18.0 Å². The Kier molecular flexibility index (Phi) is 10.1. The van der Waals surface area contributed by atoms with Crippen molar-refractivity contribution in [1.82, 2.24) is 0 Å². The van der Waals surface area contributed by atoms with Crippen molar-refractivity contribution in [2.45, 2.75) is 64.2 Å². The molecule has 59 heavy (non-hydrogen) atoms. The molecule has 8 aromatic carbocycles. The lowest BCUT2D eigenvalue weighted by atomic mass is 9.93. The molecule has 7 heteroatoms. The van der Waals surface area contributed by atoms with Crippen LogP contribution in [0.4, 0.5) is 0 Å². The molecule has 0 radical (unpaired) electrons. The molecule has 0 atom stereocenters. The number of fused-ring (bicyclic) bond motifs is 4. The minimum Gasteiger partial charge on any atom is -0.496 e. The van der Waals surface area contributed by atoms with Gasteiger partial charge in [-0.3, -0.25) is 9.59 Å². The summed E-state index contributed by atoms with van der Waals surface area (Å²) >= 11 is 0. The molecule has 0 aliphatic rings. The van der Waals surface area contributed by atoms with Gasteiger partial charge in [-0.05, 0) is 166 Å². The Hall–Kier alpha value is -6.31. The first-order chi connectivity index (χ1) is 28.3. The second-order valence-corrected chi connectivity index (χ2v) is 17.3. The summed E-state index contributed by atoms with van der Waals surface area (Å²) in [7, 11) is -0.645. The van der Waals surface area contributed by atoms with E-state index in [1.165, 1.54) is 0 Å². The molecule has 0 saturated heterocycles. The zero-order valence-electron chi connectivity index (χ0n) is 34.7. The van der Waals surface area contributed by atoms with E-state index in [0.29, 0.717) is 46.2 Å². The summed E-state index contributed by atoms with van der Waals surface area (Å²) in [4.78, 5) is 28.3. The number of carbonyl (C=O) groups is 2. The zero-order chi connectivity index (χ0) is 41.9. The molecule has 0 spiro atoms. The van der Waals surface area contributed by atoms with Crippen LogP contribution in [0, 0.1) is 27.7 Å². The van der Waals surface area contributed by atoms with Crippen LogP contribution in [0.5, 0.6) is 11.5 Å².